The van der Waals surface area contributed by atoms with Crippen LogP contribution in [0.5, 0.6) is 0 Å². The van der Waals surface area contributed by atoms with E-state index in [-0.39, 0.29) is 24.2 Å². The van der Waals surface area contributed by atoms with Gasteiger partial charge in [0.2, 0.25) is 0 Å². The van der Waals surface area contributed by atoms with Gasteiger partial charge >= 0.3 is 0 Å². The topological polar surface area (TPSA) is 65.8 Å². The Labute approximate surface area is 135 Å². The van der Waals surface area contributed by atoms with E-state index >= 15 is 0 Å². The van der Waals surface area contributed by atoms with Gasteiger partial charge in [-0.25, -0.2) is 4.98 Å². The van der Waals surface area contributed by atoms with Crippen LogP contribution in [0.15, 0.2) is 0 Å². The molecule has 6 heteroatoms. The first-order chi connectivity index (χ1) is 10.5. The zero-order valence-corrected chi connectivity index (χ0v) is 14.2. The summed E-state index contributed by atoms with van der Waals surface area (Å²) in [5, 5.41) is 20.3. The van der Waals surface area contributed by atoms with Crippen LogP contribution in [-0.2, 0) is 11.3 Å². The lowest BCUT2D eigenvalue weighted by Gasteiger charge is -2.56. The minimum atomic E-state index is -0.248. The largest absolute Gasteiger partial charge is 0.394 e. The van der Waals surface area contributed by atoms with Crippen LogP contribution < -0.4 is 0 Å². The van der Waals surface area contributed by atoms with Gasteiger partial charge in [-0.15, -0.1) is 11.3 Å². The van der Waals surface area contributed by atoms with Gasteiger partial charge in [0.15, 0.2) is 0 Å². The zero-order chi connectivity index (χ0) is 15.7. The predicted octanol–water partition coefficient (Wildman–Crippen LogP) is 1.48. The van der Waals surface area contributed by atoms with Crippen LogP contribution in [0.2, 0.25) is 0 Å². The average molecular weight is 326 g/mol. The molecule has 1 aromatic heterocycles. The van der Waals surface area contributed by atoms with Crippen molar-refractivity contribution >= 4 is 11.3 Å². The van der Waals surface area contributed by atoms with Crippen LogP contribution in [-0.4, -0.2) is 58.6 Å². The predicted molar refractivity (Wildman–Crippen MR) is 86.0 cm³/mol. The van der Waals surface area contributed by atoms with Gasteiger partial charge in [-0.3, -0.25) is 4.90 Å². The summed E-state index contributed by atoms with van der Waals surface area (Å²) in [6.45, 7) is 7.48. The number of thiazole rings is 1. The molecule has 22 heavy (non-hydrogen) atoms. The molecular formula is C16H26N2O3S. The zero-order valence-electron chi connectivity index (χ0n) is 13.4. The van der Waals surface area contributed by atoms with Gasteiger partial charge in [0.05, 0.1) is 37.7 Å². The molecule has 2 aliphatic rings. The van der Waals surface area contributed by atoms with Crippen LogP contribution >= 0.6 is 11.3 Å². The maximum absolute atomic E-state index is 10.2. The standard InChI is InChI=1S/C16H26N2O3S/c1-11-12(2)22-15(17-11)10-18-5-3-16(4-6-18)13(20)9-14(16)21-8-7-19/h13-14,19-20H,3-10H2,1-2H3/t13-,14+/m1/s1. The highest BCUT2D eigenvalue weighted by Crippen LogP contribution is 2.51. The van der Waals surface area contributed by atoms with E-state index in [1.54, 1.807) is 11.3 Å². The first-order valence-electron chi connectivity index (χ1n) is 8.11. The molecule has 0 aromatic carbocycles. The number of nitrogens with zero attached hydrogens (tertiary/aromatic N) is 2. The molecule has 0 bridgehead atoms. The van der Waals surface area contributed by atoms with Gasteiger partial charge in [-0.05, 0) is 39.8 Å². The second-order valence-corrected chi connectivity index (χ2v) is 7.88. The highest BCUT2D eigenvalue weighted by Gasteiger charge is 2.56. The molecule has 1 aliphatic carbocycles. The van der Waals surface area contributed by atoms with Crippen molar-refractivity contribution in [1.82, 2.24) is 9.88 Å². The molecule has 1 spiro atoms. The highest BCUT2D eigenvalue weighted by atomic mass is 32.1. The fourth-order valence-corrected chi connectivity index (χ4v) is 4.71. The molecule has 1 saturated heterocycles. The van der Waals surface area contributed by atoms with E-state index in [0.717, 1.165) is 38.2 Å². The summed E-state index contributed by atoms with van der Waals surface area (Å²) >= 11 is 1.79. The molecule has 0 unspecified atom stereocenters. The third kappa shape index (κ3) is 2.95. The Bertz CT molecular complexity index is 492. The summed E-state index contributed by atoms with van der Waals surface area (Å²) in [5.74, 6) is 0. The Morgan fingerprint density at radius 3 is 2.64 bits per heavy atom. The summed E-state index contributed by atoms with van der Waals surface area (Å²) < 4.78 is 5.72. The van der Waals surface area contributed by atoms with E-state index < -0.39 is 0 Å². The number of ether oxygens (including phenoxy) is 1. The molecule has 2 atom stereocenters. The Kier molecular flexibility index (Phi) is 4.85. The molecular weight excluding hydrogens is 300 g/mol. The van der Waals surface area contributed by atoms with Gasteiger partial charge < -0.3 is 14.9 Å². The normalized spacial score (nSPS) is 28.0. The number of aliphatic hydroxyl groups excluding tert-OH is 2. The number of hydrogen-bond acceptors (Lipinski definition) is 6. The number of hydrogen-bond donors (Lipinski definition) is 2. The lowest BCUT2D eigenvalue weighted by molar-refractivity contribution is -0.213. The van der Waals surface area contributed by atoms with E-state index in [1.165, 1.54) is 9.88 Å². The third-order valence-corrected chi connectivity index (χ3v) is 6.43. The lowest BCUT2D eigenvalue weighted by atomic mass is 9.58. The van der Waals surface area contributed by atoms with Crippen molar-refractivity contribution in [3.8, 4) is 0 Å². The second-order valence-electron chi connectivity index (χ2n) is 6.59. The van der Waals surface area contributed by atoms with Crippen molar-refractivity contribution in [3.05, 3.63) is 15.6 Å². The smallest absolute Gasteiger partial charge is 0.107 e. The minimum Gasteiger partial charge on any atom is -0.394 e. The first-order valence-corrected chi connectivity index (χ1v) is 8.92. The number of aryl methyl sites for hydroxylation is 2. The molecule has 2 heterocycles. The summed E-state index contributed by atoms with van der Waals surface area (Å²) in [4.78, 5) is 8.35. The Morgan fingerprint density at radius 1 is 1.36 bits per heavy atom. The molecule has 124 valence electrons. The highest BCUT2D eigenvalue weighted by molar-refractivity contribution is 7.11. The van der Waals surface area contributed by atoms with Crippen molar-refractivity contribution < 1.29 is 14.9 Å². The van der Waals surface area contributed by atoms with Crippen molar-refractivity contribution in [2.45, 2.75) is 51.9 Å². The van der Waals surface area contributed by atoms with Crippen LogP contribution in [0.3, 0.4) is 0 Å². The number of piperidine rings is 1. The molecule has 1 aliphatic heterocycles. The minimum absolute atomic E-state index is 0.0531. The van der Waals surface area contributed by atoms with Crippen molar-refractivity contribution in [1.29, 1.82) is 0 Å². The van der Waals surface area contributed by atoms with Crippen molar-refractivity contribution in [2.24, 2.45) is 5.41 Å². The quantitative estimate of drug-likeness (QED) is 0.858. The van der Waals surface area contributed by atoms with Gasteiger partial charge in [-0.1, -0.05) is 0 Å². The van der Waals surface area contributed by atoms with E-state index in [0.29, 0.717) is 13.0 Å². The van der Waals surface area contributed by atoms with E-state index in [4.69, 9.17) is 9.84 Å². The van der Waals surface area contributed by atoms with Gasteiger partial charge in [0.1, 0.15) is 5.01 Å². The fourth-order valence-electron chi connectivity index (χ4n) is 3.74. The lowest BCUT2D eigenvalue weighted by Crippen LogP contribution is -2.62. The van der Waals surface area contributed by atoms with Gasteiger partial charge in [0.25, 0.3) is 0 Å². The molecule has 1 aromatic rings. The Balaban J connectivity index is 1.55. The maximum Gasteiger partial charge on any atom is 0.107 e. The van der Waals surface area contributed by atoms with Crippen molar-refractivity contribution in [2.75, 3.05) is 26.3 Å². The molecule has 2 fully saturated rings. The van der Waals surface area contributed by atoms with Gasteiger partial charge in [0, 0.05) is 16.7 Å². The summed E-state index contributed by atoms with van der Waals surface area (Å²) in [7, 11) is 0. The second kappa shape index (κ2) is 6.53. The first kappa shape index (κ1) is 16.3. The number of rotatable bonds is 5. The molecule has 0 amide bonds. The SMILES string of the molecule is Cc1nc(CN2CCC3(CC2)[C@H](O)C[C@@H]3OCCO)sc1C. The monoisotopic (exact) mass is 326 g/mol. The fraction of sp³-hybridized carbons (Fsp3) is 0.812. The van der Waals surface area contributed by atoms with Crippen LogP contribution in [0.4, 0.5) is 0 Å². The van der Waals surface area contributed by atoms with Crippen LogP contribution in [0.1, 0.15) is 34.8 Å². The van der Waals surface area contributed by atoms with Gasteiger partial charge in [-0.2, -0.15) is 0 Å². The molecule has 3 rings (SSSR count). The van der Waals surface area contributed by atoms with E-state index in [1.807, 2.05) is 0 Å². The summed E-state index contributed by atoms with van der Waals surface area (Å²) in [6, 6.07) is 0. The Morgan fingerprint density at radius 2 is 2.09 bits per heavy atom. The molecule has 2 N–H and O–H groups in total. The molecule has 1 saturated carbocycles. The van der Waals surface area contributed by atoms with E-state index in [9.17, 15) is 5.11 Å². The average Bonchev–Trinajstić information content (AvgIpc) is 2.82. The van der Waals surface area contributed by atoms with Crippen LogP contribution in [0, 0.1) is 19.3 Å². The molecule has 0 radical (unpaired) electrons. The molecule has 5 nitrogen and oxygen atoms in total. The number of likely N-dealkylation sites (tertiary alicyclic amines) is 1. The maximum atomic E-state index is 10.2. The number of aromatic nitrogens is 1. The number of aliphatic hydroxyl groups is 2. The Hall–Kier alpha value is -0.530. The van der Waals surface area contributed by atoms with Crippen molar-refractivity contribution in [3.63, 3.8) is 0 Å². The third-order valence-electron chi connectivity index (χ3n) is 5.37. The summed E-state index contributed by atoms with van der Waals surface area (Å²) in [6.07, 6.45) is 2.51. The van der Waals surface area contributed by atoms with Crippen LogP contribution in [0.25, 0.3) is 0 Å². The summed E-state index contributed by atoms with van der Waals surface area (Å²) in [5.41, 5.74) is 1.06. The van der Waals surface area contributed by atoms with E-state index in [2.05, 4.69) is 23.7 Å².